The molecule has 0 spiro atoms. The summed E-state index contributed by atoms with van der Waals surface area (Å²) in [6.45, 7) is 11.7. The molecule has 0 bridgehead atoms. The summed E-state index contributed by atoms with van der Waals surface area (Å²) in [5.41, 5.74) is 3.34. The predicted octanol–water partition coefficient (Wildman–Crippen LogP) is 2.98. The lowest BCUT2D eigenvalue weighted by molar-refractivity contribution is 0.0589. The SMILES string of the molecule is Cc1nccc2c1ncn2COC(C)[Si](C)(C)C. The summed E-state index contributed by atoms with van der Waals surface area (Å²) in [5.74, 6) is 0. The molecule has 0 radical (unpaired) electrons. The standard InChI is InChI=1S/C13H21N3OSi/c1-10-13-12(6-7-14-10)16(8-15-13)9-17-11(2)18(3,4)5/h6-8,11H,9H2,1-5H3. The number of nitrogens with zero attached hydrogens (tertiary/aromatic N) is 3. The minimum Gasteiger partial charge on any atom is -0.361 e. The highest BCUT2D eigenvalue weighted by molar-refractivity contribution is 6.77. The third-order valence-corrected chi connectivity index (χ3v) is 6.01. The van der Waals surface area contributed by atoms with Crippen molar-refractivity contribution >= 4 is 19.1 Å². The van der Waals surface area contributed by atoms with E-state index in [1.165, 1.54) is 0 Å². The molecule has 2 heterocycles. The van der Waals surface area contributed by atoms with Gasteiger partial charge in [-0.2, -0.15) is 0 Å². The molecule has 5 heteroatoms. The van der Waals surface area contributed by atoms with Gasteiger partial charge < -0.3 is 9.30 Å². The molecule has 0 aliphatic carbocycles. The number of fused-ring (bicyclic) bond motifs is 1. The molecule has 0 N–H and O–H groups in total. The zero-order chi connectivity index (χ0) is 13.3. The minimum atomic E-state index is -1.24. The van der Waals surface area contributed by atoms with Gasteiger partial charge in [-0.1, -0.05) is 19.6 Å². The zero-order valence-corrected chi connectivity index (χ0v) is 12.8. The van der Waals surface area contributed by atoms with E-state index in [0.29, 0.717) is 12.5 Å². The molecule has 98 valence electrons. The Hall–Kier alpha value is -1.20. The summed E-state index contributed by atoms with van der Waals surface area (Å²) in [4.78, 5) is 8.64. The highest BCUT2D eigenvalue weighted by Gasteiger charge is 2.23. The van der Waals surface area contributed by atoms with E-state index in [0.717, 1.165) is 16.7 Å². The number of hydrogen-bond acceptors (Lipinski definition) is 3. The Balaban J connectivity index is 2.16. The molecule has 0 aliphatic heterocycles. The first-order valence-electron chi connectivity index (χ1n) is 6.27. The van der Waals surface area contributed by atoms with Crippen LogP contribution in [0.5, 0.6) is 0 Å². The van der Waals surface area contributed by atoms with Crippen molar-refractivity contribution in [1.82, 2.24) is 14.5 Å². The molecule has 2 aromatic heterocycles. The maximum absolute atomic E-state index is 5.96. The second-order valence-electron chi connectivity index (χ2n) is 5.78. The molecule has 1 atom stereocenters. The fourth-order valence-corrected chi connectivity index (χ4v) is 2.25. The van der Waals surface area contributed by atoms with Gasteiger partial charge in [-0.05, 0) is 19.9 Å². The maximum Gasteiger partial charge on any atom is 0.124 e. The van der Waals surface area contributed by atoms with Gasteiger partial charge in [-0.3, -0.25) is 4.98 Å². The van der Waals surface area contributed by atoms with E-state index in [-0.39, 0.29) is 0 Å². The maximum atomic E-state index is 5.96. The normalized spacial score (nSPS) is 14.1. The zero-order valence-electron chi connectivity index (χ0n) is 11.8. The third-order valence-electron chi connectivity index (χ3n) is 3.40. The monoisotopic (exact) mass is 263 g/mol. The summed E-state index contributed by atoms with van der Waals surface area (Å²) < 4.78 is 8.01. The van der Waals surface area contributed by atoms with Crippen molar-refractivity contribution in [2.45, 2.75) is 45.9 Å². The van der Waals surface area contributed by atoms with E-state index < -0.39 is 8.07 Å². The van der Waals surface area contributed by atoms with Crippen LogP contribution in [-0.2, 0) is 11.5 Å². The van der Waals surface area contributed by atoms with E-state index in [4.69, 9.17) is 4.74 Å². The molecule has 4 nitrogen and oxygen atoms in total. The number of rotatable bonds is 4. The van der Waals surface area contributed by atoms with Crippen molar-refractivity contribution < 1.29 is 4.74 Å². The Bertz CT molecular complexity index is 545. The molecule has 0 saturated carbocycles. The van der Waals surface area contributed by atoms with Crippen LogP contribution in [0.1, 0.15) is 12.6 Å². The Morgan fingerprint density at radius 2 is 2.06 bits per heavy atom. The van der Waals surface area contributed by atoms with Gasteiger partial charge in [0.15, 0.2) is 0 Å². The fraction of sp³-hybridized carbons (Fsp3) is 0.538. The van der Waals surface area contributed by atoms with Gasteiger partial charge in [0.2, 0.25) is 0 Å². The van der Waals surface area contributed by atoms with Crippen molar-refractivity contribution in [3.8, 4) is 0 Å². The molecule has 18 heavy (non-hydrogen) atoms. The highest BCUT2D eigenvalue weighted by atomic mass is 28.3. The van der Waals surface area contributed by atoms with E-state index >= 15 is 0 Å². The van der Waals surface area contributed by atoms with Gasteiger partial charge in [-0.15, -0.1) is 0 Å². The number of imidazole rings is 1. The Labute approximate surface area is 109 Å². The largest absolute Gasteiger partial charge is 0.361 e. The van der Waals surface area contributed by atoms with Crippen LogP contribution in [0.2, 0.25) is 19.6 Å². The number of pyridine rings is 1. The Morgan fingerprint density at radius 1 is 1.33 bits per heavy atom. The van der Waals surface area contributed by atoms with Gasteiger partial charge in [0.25, 0.3) is 0 Å². The van der Waals surface area contributed by atoms with Crippen LogP contribution in [-0.4, -0.2) is 28.3 Å². The summed E-state index contributed by atoms with van der Waals surface area (Å²) in [5, 5.41) is 0. The predicted molar refractivity (Wildman–Crippen MR) is 76.2 cm³/mol. The van der Waals surface area contributed by atoms with Crippen LogP contribution in [0.3, 0.4) is 0 Å². The van der Waals surface area contributed by atoms with Crippen LogP contribution in [0.25, 0.3) is 11.0 Å². The van der Waals surface area contributed by atoms with E-state index in [9.17, 15) is 0 Å². The van der Waals surface area contributed by atoms with Crippen LogP contribution in [0.4, 0.5) is 0 Å². The third kappa shape index (κ3) is 2.62. The van der Waals surface area contributed by atoms with E-state index in [1.54, 1.807) is 0 Å². The van der Waals surface area contributed by atoms with Gasteiger partial charge >= 0.3 is 0 Å². The molecule has 0 aromatic carbocycles. The second-order valence-corrected chi connectivity index (χ2v) is 11.3. The molecule has 0 aliphatic rings. The lowest BCUT2D eigenvalue weighted by Gasteiger charge is -2.25. The molecule has 0 saturated heterocycles. The average molecular weight is 263 g/mol. The van der Waals surface area contributed by atoms with Crippen LogP contribution < -0.4 is 0 Å². The smallest absolute Gasteiger partial charge is 0.124 e. The first-order chi connectivity index (χ1) is 8.39. The lowest BCUT2D eigenvalue weighted by Crippen LogP contribution is -2.38. The average Bonchev–Trinajstić information content (AvgIpc) is 2.69. The first kappa shape index (κ1) is 13.2. The quantitative estimate of drug-likeness (QED) is 0.796. The van der Waals surface area contributed by atoms with Gasteiger partial charge in [-0.25, -0.2) is 4.98 Å². The molecule has 2 aromatic rings. The Morgan fingerprint density at radius 3 is 2.72 bits per heavy atom. The van der Waals surface area contributed by atoms with Crippen molar-refractivity contribution in [1.29, 1.82) is 0 Å². The van der Waals surface area contributed by atoms with Crippen molar-refractivity contribution in [2.75, 3.05) is 0 Å². The van der Waals surface area contributed by atoms with Crippen LogP contribution in [0.15, 0.2) is 18.6 Å². The molecular weight excluding hydrogens is 242 g/mol. The van der Waals surface area contributed by atoms with E-state index in [2.05, 4.69) is 36.5 Å². The first-order valence-corrected chi connectivity index (χ1v) is 9.85. The van der Waals surface area contributed by atoms with Crippen LogP contribution >= 0.6 is 0 Å². The number of aryl methyl sites for hydroxylation is 1. The molecule has 0 fully saturated rings. The second kappa shape index (κ2) is 4.82. The molecule has 0 amide bonds. The topological polar surface area (TPSA) is 39.9 Å². The van der Waals surface area contributed by atoms with Gasteiger partial charge in [0.1, 0.15) is 12.2 Å². The fourth-order valence-electron chi connectivity index (χ4n) is 1.67. The molecule has 1 unspecified atom stereocenters. The summed E-state index contributed by atoms with van der Waals surface area (Å²) in [7, 11) is -1.24. The summed E-state index contributed by atoms with van der Waals surface area (Å²) >= 11 is 0. The lowest BCUT2D eigenvalue weighted by atomic mass is 10.3. The number of ether oxygens (including phenoxy) is 1. The summed E-state index contributed by atoms with van der Waals surface area (Å²) in [6, 6.07) is 1.98. The Kier molecular flexibility index (Phi) is 3.54. The van der Waals surface area contributed by atoms with Gasteiger partial charge in [0.05, 0.1) is 25.6 Å². The molecular formula is C13H21N3OSi. The van der Waals surface area contributed by atoms with Gasteiger partial charge in [0, 0.05) is 11.9 Å². The van der Waals surface area contributed by atoms with Crippen molar-refractivity contribution in [3.63, 3.8) is 0 Å². The molecule has 2 rings (SSSR count). The number of hydrogen-bond donors (Lipinski definition) is 0. The van der Waals surface area contributed by atoms with Crippen molar-refractivity contribution in [3.05, 3.63) is 24.3 Å². The van der Waals surface area contributed by atoms with Crippen molar-refractivity contribution in [2.24, 2.45) is 0 Å². The minimum absolute atomic E-state index is 0.331. The highest BCUT2D eigenvalue weighted by Crippen LogP contribution is 2.16. The number of aromatic nitrogens is 3. The van der Waals surface area contributed by atoms with Crippen LogP contribution in [0, 0.1) is 6.92 Å². The van der Waals surface area contributed by atoms with E-state index in [1.807, 2.05) is 30.1 Å². The summed E-state index contributed by atoms with van der Waals surface area (Å²) in [6.07, 6.45) is 3.65.